The Morgan fingerprint density at radius 3 is 2.33 bits per heavy atom. The maximum Gasteiger partial charge on any atom is 0.126 e. The standard InChI is InChI=1S/C16H19NO/c1-17(2)12-13-9-10-16(18-3)15(11-13)14-7-5-4-6-8-14/h4-11H,12H2,1-3H3. The molecule has 0 aliphatic heterocycles. The second kappa shape index (κ2) is 5.69. The van der Waals surface area contributed by atoms with E-state index in [2.05, 4.69) is 43.3 Å². The minimum Gasteiger partial charge on any atom is -0.496 e. The fourth-order valence-corrected chi connectivity index (χ4v) is 2.06. The predicted molar refractivity (Wildman–Crippen MR) is 75.8 cm³/mol. The molecule has 0 saturated heterocycles. The van der Waals surface area contributed by atoms with E-state index in [0.29, 0.717) is 0 Å². The summed E-state index contributed by atoms with van der Waals surface area (Å²) in [6.45, 7) is 0.934. The van der Waals surface area contributed by atoms with Crippen LogP contribution in [0.15, 0.2) is 48.5 Å². The lowest BCUT2D eigenvalue weighted by atomic mass is 10.0. The first kappa shape index (κ1) is 12.7. The van der Waals surface area contributed by atoms with Crippen LogP contribution in [-0.4, -0.2) is 26.1 Å². The zero-order chi connectivity index (χ0) is 13.0. The molecule has 0 bridgehead atoms. The Balaban J connectivity index is 2.43. The molecule has 0 amide bonds. The summed E-state index contributed by atoms with van der Waals surface area (Å²) in [5.74, 6) is 0.920. The molecule has 0 fully saturated rings. The third-order valence-corrected chi connectivity index (χ3v) is 2.85. The minimum atomic E-state index is 0.920. The van der Waals surface area contributed by atoms with Crippen LogP contribution in [0, 0.1) is 0 Å². The van der Waals surface area contributed by atoms with Crippen LogP contribution in [0.3, 0.4) is 0 Å². The number of ether oxygens (including phenoxy) is 1. The van der Waals surface area contributed by atoms with E-state index in [1.54, 1.807) is 7.11 Å². The summed E-state index contributed by atoms with van der Waals surface area (Å²) in [6.07, 6.45) is 0. The molecule has 0 spiro atoms. The highest BCUT2D eigenvalue weighted by Gasteiger charge is 2.07. The normalized spacial score (nSPS) is 10.7. The zero-order valence-corrected chi connectivity index (χ0v) is 11.2. The van der Waals surface area contributed by atoms with Crippen molar-refractivity contribution in [1.82, 2.24) is 4.90 Å². The van der Waals surface area contributed by atoms with Gasteiger partial charge in [0.1, 0.15) is 5.75 Å². The van der Waals surface area contributed by atoms with E-state index in [9.17, 15) is 0 Å². The third-order valence-electron chi connectivity index (χ3n) is 2.85. The number of rotatable bonds is 4. The molecule has 2 aromatic rings. The van der Waals surface area contributed by atoms with Gasteiger partial charge in [0.15, 0.2) is 0 Å². The van der Waals surface area contributed by atoms with E-state index in [1.165, 1.54) is 11.1 Å². The predicted octanol–water partition coefficient (Wildman–Crippen LogP) is 3.42. The lowest BCUT2D eigenvalue weighted by Gasteiger charge is -2.14. The van der Waals surface area contributed by atoms with E-state index in [0.717, 1.165) is 17.9 Å². The molecule has 0 N–H and O–H groups in total. The highest BCUT2D eigenvalue weighted by atomic mass is 16.5. The second-order valence-electron chi connectivity index (χ2n) is 4.64. The van der Waals surface area contributed by atoms with Crippen molar-refractivity contribution < 1.29 is 4.74 Å². The average molecular weight is 241 g/mol. The molecule has 0 aromatic heterocycles. The number of hydrogen-bond acceptors (Lipinski definition) is 2. The van der Waals surface area contributed by atoms with Gasteiger partial charge in [0, 0.05) is 12.1 Å². The number of hydrogen-bond donors (Lipinski definition) is 0. The Bertz CT molecular complexity index is 506. The molecule has 2 nitrogen and oxygen atoms in total. The maximum absolute atomic E-state index is 5.45. The van der Waals surface area contributed by atoms with Gasteiger partial charge in [0.05, 0.1) is 7.11 Å². The summed E-state index contributed by atoms with van der Waals surface area (Å²) in [7, 11) is 5.87. The van der Waals surface area contributed by atoms with Crippen LogP contribution < -0.4 is 4.74 Å². The lowest BCUT2D eigenvalue weighted by Crippen LogP contribution is -2.10. The van der Waals surface area contributed by atoms with Gasteiger partial charge < -0.3 is 9.64 Å². The van der Waals surface area contributed by atoms with Crippen molar-refractivity contribution in [3.8, 4) is 16.9 Å². The van der Waals surface area contributed by atoms with Gasteiger partial charge in [-0.15, -0.1) is 0 Å². The first-order chi connectivity index (χ1) is 8.70. The molecule has 2 aromatic carbocycles. The Hall–Kier alpha value is -1.80. The Morgan fingerprint density at radius 2 is 1.72 bits per heavy atom. The summed E-state index contributed by atoms with van der Waals surface area (Å²) in [6, 6.07) is 16.7. The van der Waals surface area contributed by atoms with Crippen LogP contribution in [-0.2, 0) is 6.54 Å². The van der Waals surface area contributed by atoms with Crippen LogP contribution in [0.1, 0.15) is 5.56 Å². The molecule has 0 aliphatic carbocycles. The molecule has 0 unspecified atom stereocenters. The van der Waals surface area contributed by atoms with Crippen LogP contribution in [0.4, 0.5) is 0 Å². The highest BCUT2D eigenvalue weighted by Crippen LogP contribution is 2.30. The molecule has 0 aliphatic rings. The number of benzene rings is 2. The van der Waals surface area contributed by atoms with Crippen LogP contribution in [0.25, 0.3) is 11.1 Å². The minimum absolute atomic E-state index is 0.920. The van der Waals surface area contributed by atoms with Gasteiger partial charge in [-0.1, -0.05) is 36.4 Å². The summed E-state index contributed by atoms with van der Waals surface area (Å²) < 4.78 is 5.45. The van der Waals surface area contributed by atoms with E-state index < -0.39 is 0 Å². The molecule has 0 saturated carbocycles. The quantitative estimate of drug-likeness (QED) is 0.813. The topological polar surface area (TPSA) is 12.5 Å². The summed E-state index contributed by atoms with van der Waals surface area (Å²) in [5.41, 5.74) is 3.63. The van der Waals surface area contributed by atoms with Gasteiger partial charge in [-0.3, -0.25) is 0 Å². The second-order valence-corrected chi connectivity index (χ2v) is 4.64. The first-order valence-electron chi connectivity index (χ1n) is 6.08. The van der Waals surface area contributed by atoms with Gasteiger partial charge in [-0.2, -0.15) is 0 Å². The number of nitrogens with zero attached hydrogens (tertiary/aromatic N) is 1. The third kappa shape index (κ3) is 2.90. The monoisotopic (exact) mass is 241 g/mol. The summed E-state index contributed by atoms with van der Waals surface area (Å²) in [4.78, 5) is 2.16. The molecule has 94 valence electrons. The molecule has 2 heteroatoms. The van der Waals surface area contributed by atoms with Crippen LogP contribution in [0.5, 0.6) is 5.75 Å². The van der Waals surface area contributed by atoms with E-state index in [-0.39, 0.29) is 0 Å². The Kier molecular flexibility index (Phi) is 4.00. The molecular weight excluding hydrogens is 222 g/mol. The fraction of sp³-hybridized carbons (Fsp3) is 0.250. The Morgan fingerprint density at radius 1 is 1.00 bits per heavy atom. The van der Waals surface area contributed by atoms with Crippen molar-refractivity contribution in [1.29, 1.82) is 0 Å². The zero-order valence-electron chi connectivity index (χ0n) is 11.2. The average Bonchev–Trinajstić information content (AvgIpc) is 2.39. The summed E-state index contributed by atoms with van der Waals surface area (Å²) >= 11 is 0. The fourth-order valence-electron chi connectivity index (χ4n) is 2.06. The van der Waals surface area contributed by atoms with Crippen molar-refractivity contribution >= 4 is 0 Å². The number of methoxy groups -OCH3 is 1. The van der Waals surface area contributed by atoms with E-state index in [4.69, 9.17) is 4.74 Å². The van der Waals surface area contributed by atoms with Crippen LogP contribution >= 0.6 is 0 Å². The van der Waals surface area contributed by atoms with Gasteiger partial charge in [-0.05, 0) is 37.4 Å². The molecule has 0 radical (unpaired) electrons. The van der Waals surface area contributed by atoms with E-state index in [1.807, 2.05) is 24.3 Å². The van der Waals surface area contributed by atoms with Gasteiger partial charge in [0.2, 0.25) is 0 Å². The largest absolute Gasteiger partial charge is 0.496 e. The van der Waals surface area contributed by atoms with E-state index >= 15 is 0 Å². The lowest BCUT2D eigenvalue weighted by molar-refractivity contribution is 0.400. The SMILES string of the molecule is COc1ccc(CN(C)C)cc1-c1ccccc1. The molecular formula is C16H19NO. The van der Waals surface area contributed by atoms with Crippen molar-refractivity contribution in [3.05, 3.63) is 54.1 Å². The van der Waals surface area contributed by atoms with Crippen molar-refractivity contribution in [3.63, 3.8) is 0 Å². The molecule has 18 heavy (non-hydrogen) atoms. The van der Waals surface area contributed by atoms with Crippen molar-refractivity contribution in [2.45, 2.75) is 6.54 Å². The van der Waals surface area contributed by atoms with Gasteiger partial charge >= 0.3 is 0 Å². The van der Waals surface area contributed by atoms with Gasteiger partial charge in [0.25, 0.3) is 0 Å². The van der Waals surface area contributed by atoms with Crippen molar-refractivity contribution in [2.75, 3.05) is 21.2 Å². The Labute approximate surface area is 109 Å². The summed E-state index contributed by atoms with van der Waals surface area (Å²) in [5, 5.41) is 0. The van der Waals surface area contributed by atoms with Gasteiger partial charge in [-0.25, -0.2) is 0 Å². The molecule has 0 atom stereocenters. The highest BCUT2D eigenvalue weighted by molar-refractivity contribution is 5.71. The smallest absolute Gasteiger partial charge is 0.126 e. The van der Waals surface area contributed by atoms with Crippen molar-refractivity contribution in [2.24, 2.45) is 0 Å². The maximum atomic E-state index is 5.45. The van der Waals surface area contributed by atoms with Crippen LogP contribution in [0.2, 0.25) is 0 Å². The molecule has 0 heterocycles. The first-order valence-corrected chi connectivity index (χ1v) is 6.08. The molecule has 2 rings (SSSR count).